The highest BCUT2D eigenvalue weighted by Crippen LogP contribution is 2.29. The van der Waals surface area contributed by atoms with E-state index in [-0.39, 0.29) is 0 Å². The fourth-order valence-electron chi connectivity index (χ4n) is 3.25. The molecule has 5 rings (SSSR count). The largest absolute Gasteiger partial charge is 0.381 e. The topological polar surface area (TPSA) is 93.0 Å². The molecule has 0 spiro atoms. The zero-order chi connectivity index (χ0) is 16.8. The minimum Gasteiger partial charge on any atom is -0.381 e. The molecule has 4 aromatic rings. The zero-order valence-corrected chi connectivity index (χ0v) is 13.7. The van der Waals surface area contributed by atoms with Gasteiger partial charge in [-0.05, 0) is 25.0 Å². The van der Waals surface area contributed by atoms with Gasteiger partial charge in [-0.15, -0.1) is 0 Å². The van der Waals surface area contributed by atoms with Crippen LogP contribution in [0, 0.1) is 0 Å². The minimum atomic E-state index is 0.352. The maximum absolute atomic E-state index is 5.30. The van der Waals surface area contributed by atoms with E-state index in [1.54, 1.807) is 18.0 Å². The number of anilines is 1. The molecule has 4 aromatic heterocycles. The van der Waals surface area contributed by atoms with Crippen LogP contribution in [0.3, 0.4) is 0 Å². The van der Waals surface area contributed by atoms with E-state index >= 15 is 0 Å². The number of pyridine rings is 1. The average molecular weight is 335 g/mol. The van der Waals surface area contributed by atoms with Gasteiger partial charge in [0.1, 0.15) is 12.0 Å². The fraction of sp³-hybridized carbons (Fsp3) is 0.294. The van der Waals surface area contributed by atoms with Crippen molar-refractivity contribution in [2.24, 2.45) is 0 Å². The molecule has 1 saturated carbocycles. The Morgan fingerprint density at radius 2 is 2.20 bits per heavy atom. The molecule has 1 aliphatic carbocycles. The summed E-state index contributed by atoms with van der Waals surface area (Å²) < 4.78 is 7.06. The first-order valence-electron chi connectivity index (χ1n) is 8.23. The molecular weight excluding hydrogens is 318 g/mol. The van der Waals surface area contributed by atoms with Crippen LogP contribution in [0.2, 0.25) is 0 Å². The number of hydrogen-bond donors (Lipinski definition) is 2. The Bertz CT molecular complexity index is 1050. The summed E-state index contributed by atoms with van der Waals surface area (Å²) >= 11 is 0. The molecule has 0 atom stereocenters. The second-order valence-corrected chi connectivity index (χ2v) is 6.31. The smallest absolute Gasteiger partial charge is 0.224 e. The number of aromatic amines is 1. The molecule has 126 valence electrons. The monoisotopic (exact) mass is 335 g/mol. The Balaban J connectivity index is 1.45. The Labute approximate surface area is 143 Å². The molecule has 1 fully saturated rings. The van der Waals surface area contributed by atoms with Gasteiger partial charge in [-0.25, -0.2) is 14.5 Å². The van der Waals surface area contributed by atoms with E-state index < -0.39 is 0 Å². The lowest BCUT2D eigenvalue weighted by Crippen LogP contribution is -2.40. The highest BCUT2D eigenvalue weighted by atomic mass is 16.5. The third-order valence-corrected chi connectivity index (χ3v) is 4.78. The second-order valence-electron chi connectivity index (χ2n) is 6.31. The van der Waals surface area contributed by atoms with Gasteiger partial charge in [-0.3, -0.25) is 0 Å². The Morgan fingerprint density at radius 3 is 3.08 bits per heavy atom. The van der Waals surface area contributed by atoms with Crippen molar-refractivity contribution in [2.45, 2.75) is 25.0 Å². The SMILES string of the molecule is COC1CC(Nc2ncc3c(-c4ccc5ncnn5c4)c[nH]c3n2)C1. The van der Waals surface area contributed by atoms with Crippen LogP contribution < -0.4 is 5.32 Å². The van der Waals surface area contributed by atoms with Crippen LogP contribution >= 0.6 is 0 Å². The first-order valence-corrected chi connectivity index (χ1v) is 8.23. The van der Waals surface area contributed by atoms with Gasteiger partial charge in [0.05, 0.1) is 6.10 Å². The van der Waals surface area contributed by atoms with E-state index in [9.17, 15) is 0 Å². The minimum absolute atomic E-state index is 0.352. The maximum atomic E-state index is 5.30. The number of rotatable bonds is 4. The van der Waals surface area contributed by atoms with Crippen molar-refractivity contribution in [3.05, 3.63) is 37.1 Å². The number of methoxy groups -OCH3 is 1. The Kier molecular flexibility index (Phi) is 3.17. The van der Waals surface area contributed by atoms with Crippen LogP contribution in [-0.4, -0.2) is 48.8 Å². The zero-order valence-electron chi connectivity index (χ0n) is 13.7. The van der Waals surface area contributed by atoms with Gasteiger partial charge < -0.3 is 15.0 Å². The molecule has 25 heavy (non-hydrogen) atoms. The van der Waals surface area contributed by atoms with Gasteiger partial charge in [0.25, 0.3) is 0 Å². The number of aromatic nitrogens is 6. The Morgan fingerprint density at radius 1 is 1.28 bits per heavy atom. The number of ether oxygens (including phenoxy) is 1. The van der Waals surface area contributed by atoms with Gasteiger partial charge in [-0.1, -0.05) is 0 Å². The summed E-state index contributed by atoms with van der Waals surface area (Å²) in [6.07, 6.45) is 9.64. The third kappa shape index (κ3) is 2.42. The van der Waals surface area contributed by atoms with Crippen molar-refractivity contribution in [3.63, 3.8) is 0 Å². The van der Waals surface area contributed by atoms with E-state index in [1.807, 2.05) is 30.7 Å². The van der Waals surface area contributed by atoms with Gasteiger partial charge >= 0.3 is 0 Å². The van der Waals surface area contributed by atoms with E-state index in [1.165, 1.54) is 0 Å². The highest BCUT2D eigenvalue weighted by molar-refractivity contribution is 5.93. The summed E-state index contributed by atoms with van der Waals surface area (Å²) in [5.41, 5.74) is 3.72. The van der Waals surface area contributed by atoms with E-state index in [0.717, 1.165) is 40.6 Å². The molecule has 8 heteroatoms. The summed E-state index contributed by atoms with van der Waals surface area (Å²) in [4.78, 5) is 16.5. The molecule has 0 aliphatic heterocycles. The molecule has 0 aromatic carbocycles. The normalized spacial score (nSPS) is 20.0. The summed E-state index contributed by atoms with van der Waals surface area (Å²) in [6.45, 7) is 0. The van der Waals surface area contributed by atoms with Crippen molar-refractivity contribution in [1.29, 1.82) is 0 Å². The number of H-pyrrole nitrogens is 1. The molecular formula is C17H17N7O. The summed E-state index contributed by atoms with van der Waals surface area (Å²) in [5, 5.41) is 8.53. The number of hydrogen-bond acceptors (Lipinski definition) is 6. The highest BCUT2D eigenvalue weighted by Gasteiger charge is 2.29. The van der Waals surface area contributed by atoms with Crippen molar-refractivity contribution in [3.8, 4) is 11.1 Å². The Hall–Kier alpha value is -3.00. The van der Waals surface area contributed by atoms with Crippen LogP contribution in [0.1, 0.15) is 12.8 Å². The van der Waals surface area contributed by atoms with Gasteiger partial charge in [-0.2, -0.15) is 10.1 Å². The molecule has 0 radical (unpaired) electrons. The lowest BCUT2D eigenvalue weighted by atomic mass is 9.89. The predicted molar refractivity (Wildman–Crippen MR) is 93.3 cm³/mol. The molecule has 2 N–H and O–H groups in total. The van der Waals surface area contributed by atoms with Crippen molar-refractivity contribution in [2.75, 3.05) is 12.4 Å². The van der Waals surface area contributed by atoms with Crippen LogP contribution in [0.15, 0.2) is 37.1 Å². The van der Waals surface area contributed by atoms with Gasteiger partial charge in [0.15, 0.2) is 5.65 Å². The molecule has 0 unspecified atom stereocenters. The van der Waals surface area contributed by atoms with E-state index in [2.05, 4.69) is 30.4 Å². The first-order chi connectivity index (χ1) is 12.3. The van der Waals surface area contributed by atoms with Crippen LogP contribution in [-0.2, 0) is 4.74 Å². The molecule has 8 nitrogen and oxygen atoms in total. The van der Waals surface area contributed by atoms with Gasteiger partial charge in [0, 0.05) is 48.3 Å². The first kappa shape index (κ1) is 14.4. The number of fused-ring (bicyclic) bond motifs is 2. The lowest BCUT2D eigenvalue weighted by Gasteiger charge is -2.34. The third-order valence-electron chi connectivity index (χ3n) is 4.78. The van der Waals surface area contributed by atoms with Crippen LogP contribution in [0.5, 0.6) is 0 Å². The molecule has 0 saturated heterocycles. The predicted octanol–water partition coefficient (Wildman–Crippen LogP) is 2.26. The second kappa shape index (κ2) is 5.52. The van der Waals surface area contributed by atoms with Crippen LogP contribution in [0.25, 0.3) is 27.8 Å². The van der Waals surface area contributed by atoms with E-state index in [4.69, 9.17) is 4.74 Å². The van der Waals surface area contributed by atoms with Crippen LogP contribution in [0.4, 0.5) is 5.95 Å². The molecule has 1 aliphatic rings. The van der Waals surface area contributed by atoms with Crippen molar-refractivity contribution in [1.82, 2.24) is 29.5 Å². The molecule has 0 amide bonds. The summed E-state index contributed by atoms with van der Waals surface area (Å²) in [6, 6.07) is 4.35. The number of nitrogens with one attached hydrogen (secondary N) is 2. The van der Waals surface area contributed by atoms with Crippen molar-refractivity contribution >= 4 is 22.6 Å². The van der Waals surface area contributed by atoms with E-state index in [0.29, 0.717) is 18.1 Å². The maximum Gasteiger partial charge on any atom is 0.224 e. The quantitative estimate of drug-likeness (QED) is 0.594. The fourth-order valence-corrected chi connectivity index (χ4v) is 3.25. The number of nitrogens with zero attached hydrogens (tertiary/aromatic N) is 5. The summed E-state index contributed by atoms with van der Waals surface area (Å²) in [7, 11) is 1.75. The van der Waals surface area contributed by atoms with Gasteiger partial charge in [0.2, 0.25) is 5.95 Å². The summed E-state index contributed by atoms with van der Waals surface area (Å²) in [5.74, 6) is 0.646. The molecule has 4 heterocycles. The lowest BCUT2D eigenvalue weighted by molar-refractivity contribution is 0.0327. The van der Waals surface area contributed by atoms with Crippen molar-refractivity contribution < 1.29 is 4.74 Å². The average Bonchev–Trinajstić information content (AvgIpc) is 3.23. The molecule has 0 bridgehead atoms. The standard InChI is InChI=1S/C17H17N7O/c1-25-12-4-11(5-12)22-17-19-7-14-13(6-18-16(14)23-17)10-2-3-15-20-9-21-24(15)8-10/h2-3,6-9,11-12H,4-5H2,1H3,(H2,18,19,22,23).